The lowest BCUT2D eigenvalue weighted by atomic mass is 9.98. The van der Waals surface area contributed by atoms with E-state index in [4.69, 9.17) is 23.7 Å². The number of rotatable bonds is 5. The van der Waals surface area contributed by atoms with Gasteiger partial charge in [-0.1, -0.05) is 0 Å². The summed E-state index contributed by atoms with van der Waals surface area (Å²) in [6.07, 6.45) is -5.79. The van der Waals surface area contributed by atoms with Crippen LogP contribution >= 0.6 is 0 Å². The van der Waals surface area contributed by atoms with Crippen LogP contribution in [0.2, 0.25) is 0 Å². The fourth-order valence-corrected chi connectivity index (χ4v) is 2.06. The van der Waals surface area contributed by atoms with Gasteiger partial charge in [0.15, 0.2) is 18.5 Å². The third kappa shape index (κ3) is 4.93. The van der Waals surface area contributed by atoms with E-state index in [0.717, 1.165) is 13.8 Å². The summed E-state index contributed by atoms with van der Waals surface area (Å²) < 4.78 is 25.3. The van der Waals surface area contributed by atoms with E-state index in [2.05, 4.69) is 0 Å². The topological polar surface area (TPSA) is 118 Å². The number of esters is 3. The zero-order chi connectivity index (χ0) is 16.9. The first kappa shape index (κ1) is 18.3. The molecule has 0 radical (unpaired) electrons. The summed E-state index contributed by atoms with van der Waals surface area (Å²) in [5.41, 5.74) is 0. The van der Waals surface area contributed by atoms with Gasteiger partial charge in [0.2, 0.25) is 0 Å². The number of aliphatic hydroxyl groups excluding tert-OH is 1. The average Bonchev–Trinajstić information content (AvgIpc) is 2.41. The van der Waals surface area contributed by atoms with Crippen LogP contribution in [0.3, 0.4) is 0 Å². The highest BCUT2D eigenvalue weighted by molar-refractivity contribution is 5.67. The van der Waals surface area contributed by atoms with Crippen molar-refractivity contribution in [1.82, 2.24) is 0 Å². The van der Waals surface area contributed by atoms with E-state index in [1.807, 2.05) is 0 Å². The van der Waals surface area contributed by atoms with Crippen molar-refractivity contribution in [3.05, 3.63) is 0 Å². The van der Waals surface area contributed by atoms with Gasteiger partial charge in [0.05, 0.1) is 0 Å². The standard InChI is InChI=1S/C13H20O9/c1-6(14)19-5-9-10(17)11(20-7(2)15)12(21-8(3)16)13(18-4)22-9/h9-13,17H,5H2,1-4H3/t9-,10+,11+,12-,13-/m1/s1. The van der Waals surface area contributed by atoms with E-state index in [9.17, 15) is 19.5 Å². The summed E-state index contributed by atoms with van der Waals surface area (Å²) in [4.78, 5) is 33.3. The maximum Gasteiger partial charge on any atom is 0.303 e. The highest BCUT2D eigenvalue weighted by Gasteiger charge is 2.49. The summed E-state index contributed by atoms with van der Waals surface area (Å²) in [5.74, 6) is -1.89. The van der Waals surface area contributed by atoms with Gasteiger partial charge in [-0.15, -0.1) is 0 Å². The van der Waals surface area contributed by atoms with E-state index in [1.165, 1.54) is 14.0 Å². The molecule has 9 heteroatoms. The molecule has 0 aromatic heterocycles. The quantitative estimate of drug-likeness (QED) is 0.510. The molecule has 0 aromatic carbocycles. The molecule has 0 amide bonds. The van der Waals surface area contributed by atoms with E-state index in [-0.39, 0.29) is 6.61 Å². The predicted molar refractivity (Wildman–Crippen MR) is 69.4 cm³/mol. The van der Waals surface area contributed by atoms with Gasteiger partial charge in [0, 0.05) is 27.9 Å². The number of ether oxygens (including phenoxy) is 5. The van der Waals surface area contributed by atoms with E-state index < -0.39 is 48.6 Å². The van der Waals surface area contributed by atoms with Gasteiger partial charge in [-0.25, -0.2) is 0 Å². The van der Waals surface area contributed by atoms with Crippen molar-refractivity contribution in [2.45, 2.75) is 51.5 Å². The van der Waals surface area contributed by atoms with Crippen LogP contribution in [0.4, 0.5) is 0 Å². The number of aliphatic hydroxyl groups is 1. The summed E-state index contributed by atoms with van der Waals surface area (Å²) >= 11 is 0. The Hall–Kier alpha value is -1.71. The zero-order valence-electron chi connectivity index (χ0n) is 12.8. The Balaban J connectivity index is 2.95. The molecule has 0 aromatic rings. The normalized spacial score (nSPS) is 31.2. The van der Waals surface area contributed by atoms with Crippen LogP contribution in [0.15, 0.2) is 0 Å². The Morgan fingerprint density at radius 2 is 1.55 bits per heavy atom. The molecule has 1 aliphatic rings. The van der Waals surface area contributed by atoms with Crippen LogP contribution in [0, 0.1) is 0 Å². The van der Waals surface area contributed by atoms with Gasteiger partial charge in [-0.2, -0.15) is 0 Å². The molecule has 0 spiro atoms. The Morgan fingerprint density at radius 3 is 2.00 bits per heavy atom. The predicted octanol–water partition coefficient (Wildman–Crippen LogP) is -0.855. The molecule has 0 unspecified atom stereocenters. The van der Waals surface area contributed by atoms with Gasteiger partial charge < -0.3 is 28.8 Å². The van der Waals surface area contributed by atoms with Crippen LogP contribution in [-0.4, -0.2) is 67.4 Å². The maximum atomic E-state index is 11.2. The fraction of sp³-hybridized carbons (Fsp3) is 0.769. The van der Waals surface area contributed by atoms with Crippen LogP contribution in [0.25, 0.3) is 0 Å². The number of methoxy groups -OCH3 is 1. The molecule has 5 atom stereocenters. The second-order valence-electron chi connectivity index (χ2n) is 4.72. The van der Waals surface area contributed by atoms with Gasteiger partial charge in [0.25, 0.3) is 0 Å². The molecule has 1 rings (SSSR count). The van der Waals surface area contributed by atoms with Gasteiger partial charge >= 0.3 is 17.9 Å². The minimum absolute atomic E-state index is 0.263. The summed E-state index contributed by atoms with van der Waals surface area (Å²) in [6.45, 7) is 3.25. The Kier molecular flexibility index (Phi) is 6.72. The smallest absolute Gasteiger partial charge is 0.303 e. The Bertz CT molecular complexity index is 422. The SMILES string of the molecule is CO[C@@H]1O[C@H](COC(C)=O)[C@H](O)[C@H](OC(C)=O)[C@H]1OC(C)=O. The van der Waals surface area contributed by atoms with E-state index >= 15 is 0 Å². The minimum Gasteiger partial charge on any atom is -0.463 e. The molecule has 9 nitrogen and oxygen atoms in total. The third-order valence-electron chi connectivity index (χ3n) is 2.91. The lowest BCUT2D eigenvalue weighted by Crippen LogP contribution is -2.61. The molecular weight excluding hydrogens is 300 g/mol. The first-order valence-corrected chi connectivity index (χ1v) is 6.60. The summed E-state index contributed by atoms with van der Waals surface area (Å²) in [7, 11) is 1.30. The molecular formula is C13H20O9. The number of hydrogen-bond acceptors (Lipinski definition) is 9. The van der Waals surface area contributed by atoms with Gasteiger partial charge in [-0.05, 0) is 0 Å². The Morgan fingerprint density at radius 1 is 1.00 bits per heavy atom. The zero-order valence-corrected chi connectivity index (χ0v) is 12.8. The fourth-order valence-electron chi connectivity index (χ4n) is 2.06. The number of hydrogen-bond donors (Lipinski definition) is 1. The third-order valence-corrected chi connectivity index (χ3v) is 2.91. The van der Waals surface area contributed by atoms with Crippen LogP contribution in [-0.2, 0) is 38.1 Å². The van der Waals surface area contributed by atoms with Crippen molar-refractivity contribution >= 4 is 17.9 Å². The van der Waals surface area contributed by atoms with Crippen LogP contribution in [0.1, 0.15) is 20.8 Å². The van der Waals surface area contributed by atoms with E-state index in [0.29, 0.717) is 0 Å². The molecule has 0 bridgehead atoms. The van der Waals surface area contributed by atoms with Gasteiger partial charge in [0.1, 0.15) is 18.8 Å². The summed E-state index contributed by atoms with van der Waals surface area (Å²) in [6, 6.07) is 0. The monoisotopic (exact) mass is 320 g/mol. The first-order chi connectivity index (χ1) is 10.3. The molecule has 1 fully saturated rings. The largest absolute Gasteiger partial charge is 0.463 e. The molecule has 1 heterocycles. The molecule has 1 aliphatic heterocycles. The van der Waals surface area contributed by atoms with E-state index in [1.54, 1.807) is 0 Å². The van der Waals surface area contributed by atoms with Crippen LogP contribution < -0.4 is 0 Å². The van der Waals surface area contributed by atoms with Crippen molar-refractivity contribution in [1.29, 1.82) is 0 Å². The molecule has 22 heavy (non-hydrogen) atoms. The second kappa shape index (κ2) is 8.06. The molecule has 1 saturated heterocycles. The highest BCUT2D eigenvalue weighted by Crippen LogP contribution is 2.27. The summed E-state index contributed by atoms with van der Waals surface area (Å²) in [5, 5.41) is 10.2. The molecule has 0 saturated carbocycles. The van der Waals surface area contributed by atoms with Crippen molar-refractivity contribution in [2.24, 2.45) is 0 Å². The van der Waals surface area contributed by atoms with Gasteiger partial charge in [-0.3, -0.25) is 14.4 Å². The number of carbonyl (C=O) groups excluding carboxylic acids is 3. The maximum absolute atomic E-state index is 11.2. The number of carbonyl (C=O) groups is 3. The van der Waals surface area contributed by atoms with Crippen molar-refractivity contribution in [3.63, 3.8) is 0 Å². The molecule has 0 aliphatic carbocycles. The lowest BCUT2D eigenvalue weighted by molar-refractivity contribution is -0.300. The van der Waals surface area contributed by atoms with Crippen molar-refractivity contribution < 1.29 is 43.2 Å². The first-order valence-electron chi connectivity index (χ1n) is 6.60. The van der Waals surface area contributed by atoms with Crippen LogP contribution in [0.5, 0.6) is 0 Å². The molecule has 126 valence electrons. The lowest BCUT2D eigenvalue weighted by Gasteiger charge is -2.42. The van der Waals surface area contributed by atoms with Crippen molar-refractivity contribution in [2.75, 3.05) is 13.7 Å². The second-order valence-corrected chi connectivity index (χ2v) is 4.72. The minimum atomic E-state index is -1.36. The Labute approximate surface area is 127 Å². The molecule has 1 N–H and O–H groups in total. The van der Waals surface area contributed by atoms with Crippen molar-refractivity contribution in [3.8, 4) is 0 Å². The average molecular weight is 320 g/mol. The highest BCUT2D eigenvalue weighted by atomic mass is 16.7.